The normalized spacial score (nSPS) is 20.3. The van der Waals surface area contributed by atoms with E-state index in [2.05, 4.69) is 11.9 Å². The highest BCUT2D eigenvalue weighted by atomic mass is 17.0. The van der Waals surface area contributed by atoms with Crippen LogP contribution in [0.5, 0.6) is 0 Å². The van der Waals surface area contributed by atoms with Gasteiger partial charge < -0.3 is 9.64 Å². The van der Waals surface area contributed by atoms with E-state index >= 15 is 0 Å². The first kappa shape index (κ1) is 8.84. The molecule has 56 valence electrons. The molecule has 0 bridgehead atoms. The number of hydrogen-bond acceptors (Lipinski definition) is 4. The van der Waals surface area contributed by atoms with Crippen LogP contribution in [0.3, 0.4) is 0 Å². The second-order valence-corrected chi connectivity index (χ2v) is 1.92. The van der Waals surface area contributed by atoms with Crippen LogP contribution in [-0.2, 0) is 4.74 Å². The van der Waals surface area contributed by atoms with E-state index in [-0.39, 0.29) is 0 Å². The molecule has 0 saturated carbocycles. The smallest absolute Gasteiger partial charge is 0.0594 e. The van der Waals surface area contributed by atoms with Gasteiger partial charge in [0.05, 0.1) is 13.2 Å². The van der Waals surface area contributed by atoms with E-state index in [4.69, 9.17) is 15.3 Å². The molecule has 1 aliphatic rings. The van der Waals surface area contributed by atoms with Gasteiger partial charge in [0.15, 0.2) is 0 Å². The van der Waals surface area contributed by atoms with Crippen LogP contribution in [0, 0.1) is 0 Å². The Morgan fingerprint density at radius 3 is 1.89 bits per heavy atom. The Bertz CT molecular complexity index is 54.2. The summed E-state index contributed by atoms with van der Waals surface area (Å²) in [6.07, 6.45) is 0. The van der Waals surface area contributed by atoms with Gasteiger partial charge in [-0.3, -0.25) is 10.5 Å². The van der Waals surface area contributed by atoms with Crippen LogP contribution < -0.4 is 0 Å². The Kier molecular flexibility index (Phi) is 5.86. The van der Waals surface area contributed by atoms with Crippen LogP contribution in [0.15, 0.2) is 0 Å². The molecule has 0 radical (unpaired) electrons. The first-order valence-corrected chi connectivity index (χ1v) is 2.86. The third-order valence-corrected chi connectivity index (χ3v) is 1.23. The van der Waals surface area contributed by atoms with Crippen molar-refractivity contribution in [1.29, 1.82) is 0 Å². The highest BCUT2D eigenvalue weighted by Crippen LogP contribution is 1.89. The van der Waals surface area contributed by atoms with Crippen molar-refractivity contribution >= 4 is 0 Å². The fourth-order valence-corrected chi connectivity index (χ4v) is 0.655. The van der Waals surface area contributed by atoms with Gasteiger partial charge in [0.25, 0.3) is 0 Å². The van der Waals surface area contributed by atoms with E-state index in [1.165, 1.54) is 0 Å². The molecule has 1 saturated heterocycles. The van der Waals surface area contributed by atoms with Crippen LogP contribution in [0.25, 0.3) is 0 Å². The van der Waals surface area contributed by atoms with E-state index in [0.29, 0.717) is 0 Å². The Morgan fingerprint density at radius 1 is 1.22 bits per heavy atom. The molecule has 2 N–H and O–H groups in total. The molecule has 1 fully saturated rings. The fraction of sp³-hybridized carbons (Fsp3) is 1.00. The minimum atomic E-state index is 0.913. The summed E-state index contributed by atoms with van der Waals surface area (Å²) < 4.78 is 5.10. The Balaban J connectivity index is 0.000000291. The number of rotatable bonds is 0. The molecule has 0 aromatic rings. The second kappa shape index (κ2) is 5.97. The zero-order chi connectivity index (χ0) is 7.11. The first-order valence-electron chi connectivity index (χ1n) is 2.86. The van der Waals surface area contributed by atoms with Gasteiger partial charge in [-0.2, -0.15) is 0 Å². The van der Waals surface area contributed by atoms with E-state index in [9.17, 15) is 0 Å². The molecule has 0 aromatic carbocycles. The molecule has 1 aliphatic heterocycles. The van der Waals surface area contributed by atoms with Crippen molar-refractivity contribution in [2.45, 2.75) is 0 Å². The quantitative estimate of drug-likeness (QED) is 0.361. The summed E-state index contributed by atoms with van der Waals surface area (Å²) >= 11 is 0. The lowest BCUT2D eigenvalue weighted by Gasteiger charge is -2.21. The summed E-state index contributed by atoms with van der Waals surface area (Å²) in [6, 6.07) is 0. The summed E-state index contributed by atoms with van der Waals surface area (Å²) in [7, 11) is 2.11. The topological polar surface area (TPSA) is 52.9 Å². The summed E-state index contributed by atoms with van der Waals surface area (Å²) in [4.78, 5) is 2.27. The maximum Gasteiger partial charge on any atom is 0.0594 e. The molecule has 4 heteroatoms. The third kappa shape index (κ3) is 4.35. The van der Waals surface area contributed by atoms with Crippen molar-refractivity contribution in [3.63, 3.8) is 0 Å². The summed E-state index contributed by atoms with van der Waals surface area (Å²) in [5.41, 5.74) is 0. The number of morpholine rings is 1. The number of ether oxygens (including phenoxy) is 1. The van der Waals surface area contributed by atoms with E-state index in [1.54, 1.807) is 0 Å². The Labute approximate surface area is 54.6 Å². The van der Waals surface area contributed by atoms with Crippen LogP contribution in [-0.4, -0.2) is 48.8 Å². The van der Waals surface area contributed by atoms with Gasteiger partial charge >= 0.3 is 0 Å². The molecular weight excluding hydrogens is 122 g/mol. The monoisotopic (exact) mass is 135 g/mol. The molecule has 0 aliphatic carbocycles. The molecular formula is C5H13NO3. The summed E-state index contributed by atoms with van der Waals surface area (Å²) in [5.74, 6) is 0. The highest BCUT2D eigenvalue weighted by Gasteiger charge is 2.02. The molecule has 0 spiro atoms. The molecule has 4 nitrogen and oxygen atoms in total. The zero-order valence-corrected chi connectivity index (χ0v) is 5.58. The lowest BCUT2D eigenvalue weighted by atomic mass is 10.5. The van der Waals surface area contributed by atoms with Crippen molar-refractivity contribution in [3.8, 4) is 0 Å². The lowest BCUT2D eigenvalue weighted by Crippen LogP contribution is -2.32. The minimum absolute atomic E-state index is 0.913. The fourth-order valence-electron chi connectivity index (χ4n) is 0.655. The second-order valence-electron chi connectivity index (χ2n) is 1.92. The molecule has 9 heavy (non-hydrogen) atoms. The van der Waals surface area contributed by atoms with E-state index < -0.39 is 0 Å². The van der Waals surface area contributed by atoms with Gasteiger partial charge in [0.1, 0.15) is 0 Å². The number of likely N-dealkylation sites (N-methyl/N-ethyl adjacent to an activating group) is 1. The van der Waals surface area contributed by atoms with Crippen molar-refractivity contribution in [2.24, 2.45) is 0 Å². The van der Waals surface area contributed by atoms with Gasteiger partial charge in [-0.05, 0) is 7.05 Å². The molecule has 0 aromatic heterocycles. The molecule has 1 heterocycles. The van der Waals surface area contributed by atoms with Gasteiger partial charge in [-0.25, -0.2) is 0 Å². The average Bonchev–Trinajstić information content (AvgIpc) is 1.94. The van der Waals surface area contributed by atoms with Crippen molar-refractivity contribution in [1.82, 2.24) is 4.90 Å². The molecule has 0 atom stereocenters. The van der Waals surface area contributed by atoms with Crippen LogP contribution in [0.1, 0.15) is 0 Å². The molecule has 1 rings (SSSR count). The van der Waals surface area contributed by atoms with E-state index in [1.807, 2.05) is 0 Å². The molecule has 0 unspecified atom stereocenters. The van der Waals surface area contributed by atoms with Crippen LogP contribution in [0.4, 0.5) is 0 Å². The van der Waals surface area contributed by atoms with Crippen LogP contribution >= 0.6 is 0 Å². The summed E-state index contributed by atoms with van der Waals surface area (Å²) in [5, 5.41) is 12.0. The van der Waals surface area contributed by atoms with Crippen molar-refractivity contribution in [2.75, 3.05) is 33.4 Å². The maximum absolute atomic E-state index is 6.00. The average molecular weight is 135 g/mol. The SMILES string of the molecule is CN1CCOCC1.OO. The van der Waals surface area contributed by atoms with Gasteiger partial charge in [-0.15, -0.1) is 0 Å². The molecule has 0 amide bonds. The minimum Gasteiger partial charge on any atom is -0.379 e. The van der Waals surface area contributed by atoms with Crippen LogP contribution in [0.2, 0.25) is 0 Å². The maximum atomic E-state index is 6.00. The van der Waals surface area contributed by atoms with E-state index in [0.717, 1.165) is 26.3 Å². The van der Waals surface area contributed by atoms with Gasteiger partial charge in [0, 0.05) is 13.1 Å². The van der Waals surface area contributed by atoms with Gasteiger partial charge in [0.2, 0.25) is 0 Å². The van der Waals surface area contributed by atoms with Crippen molar-refractivity contribution < 1.29 is 15.3 Å². The first-order chi connectivity index (χ1) is 4.39. The summed E-state index contributed by atoms with van der Waals surface area (Å²) in [6.45, 7) is 4.02. The number of nitrogens with zero attached hydrogens (tertiary/aromatic N) is 1. The van der Waals surface area contributed by atoms with Crippen molar-refractivity contribution in [3.05, 3.63) is 0 Å². The predicted octanol–water partition coefficient (Wildman–Crippen LogP) is -0.0342. The lowest BCUT2D eigenvalue weighted by molar-refractivity contribution is -0.176. The third-order valence-electron chi connectivity index (χ3n) is 1.23. The predicted molar refractivity (Wildman–Crippen MR) is 33.6 cm³/mol. The standard InChI is InChI=1S/C5H11NO.H2O2/c1-6-2-4-7-5-3-6;1-2/h2-5H2,1H3;1-2H. The largest absolute Gasteiger partial charge is 0.379 e. The number of hydrogen-bond donors (Lipinski definition) is 2. The Hall–Kier alpha value is -0.160. The Morgan fingerprint density at radius 2 is 1.67 bits per heavy atom. The van der Waals surface area contributed by atoms with Gasteiger partial charge in [-0.1, -0.05) is 0 Å². The zero-order valence-electron chi connectivity index (χ0n) is 5.58. The highest BCUT2D eigenvalue weighted by molar-refractivity contribution is 4.53.